The monoisotopic (exact) mass is 353 g/mol. The van der Waals surface area contributed by atoms with Gasteiger partial charge in [0.25, 0.3) is 5.91 Å². The molecule has 0 saturated heterocycles. The average Bonchev–Trinajstić information content (AvgIpc) is 2.67. The lowest BCUT2D eigenvalue weighted by molar-refractivity contribution is 0.0927. The van der Waals surface area contributed by atoms with Gasteiger partial charge < -0.3 is 14.8 Å². The van der Waals surface area contributed by atoms with Gasteiger partial charge in [-0.25, -0.2) is 0 Å². The van der Waals surface area contributed by atoms with Gasteiger partial charge in [0.2, 0.25) is 0 Å². The Morgan fingerprint density at radius 2 is 1.92 bits per heavy atom. The predicted octanol–water partition coefficient (Wildman–Crippen LogP) is 4.65. The fourth-order valence-electron chi connectivity index (χ4n) is 3.41. The summed E-state index contributed by atoms with van der Waals surface area (Å²) in [5.74, 6) is 1.52. The number of hydrogen-bond donors (Lipinski definition) is 1. The standard InChI is InChI=1S/C22H27NO3/c1-16-7-6-10-20(13-16)26-15-18-14-17(11-12-21(18)25-2)22(24)23-19-8-4-3-5-9-19/h6-7,10-14,19H,3-5,8-9,15H2,1-2H3,(H,23,24). The van der Waals surface area contributed by atoms with Crippen LogP contribution in [0.4, 0.5) is 0 Å². The number of benzene rings is 2. The third-order valence-electron chi connectivity index (χ3n) is 4.87. The van der Waals surface area contributed by atoms with Crippen LogP contribution in [0.25, 0.3) is 0 Å². The van der Waals surface area contributed by atoms with Crippen molar-refractivity contribution < 1.29 is 14.3 Å². The Bertz CT molecular complexity index is 751. The second-order valence-electron chi connectivity index (χ2n) is 6.94. The summed E-state index contributed by atoms with van der Waals surface area (Å²) in [4.78, 5) is 12.6. The second kappa shape index (κ2) is 8.75. The lowest BCUT2D eigenvalue weighted by atomic mass is 9.95. The number of carbonyl (C=O) groups is 1. The van der Waals surface area contributed by atoms with Crippen LogP contribution < -0.4 is 14.8 Å². The van der Waals surface area contributed by atoms with Crippen LogP contribution in [0, 0.1) is 6.92 Å². The zero-order valence-corrected chi connectivity index (χ0v) is 15.6. The molecule has 1 aliphatic carbocycles. The highest BCUT2D eigenvalue weighted by Gasteiger charge is 2.17. The van der Waals surface area contributed by atoms with Crippen molar-refractivity contribution >= 4 is 5.91 Å². The van der Waals surface area contributed by atoms with E-state index in [1.807, 2.05) is 49.4 Å². The molecule has 1 amide bonds. The maximum Gasteiger partial charge on any atom is 0.251 e. The smallest absolute Gasteiger partial charge is 0.251 e. The first-order chi connectivity index (χ1) is 12.7. The van der Waals surface area contributed by atoms with Crippen LogP contribution >= 0.6 is 0 Å². The van der Waals surface area contributed by atoms with Crippen LogP contribution in [0.2, 0.25) is 0 Å². The van der Waals surface area contributed by atoms with E-state index < -0.39 is 0 Å². The van der Waals surface area contributed by atoms with E-state index in [-0.39, 0.29) is 5.91 Å². The van der Waals surface area contributed by atoms with Crippen molar-refractivity contribution in [2.45, 2.75) is 51.7 Å². The Hall–Kier alpha value is -2.49. The fraction of sp³-hybridized carbons (Fsp3) is 0.409. The summed E-state index contributed by atoms with van der Waals surface area (Å²) in [7, 11) is 1.63. The van der Waals surface area contributed by atoms with Gasteiger partial charge in [-0.15, -0.1) is 0 Å². The summed E-state index contributed by atoms with van der Waals surface area (Å²) in [6.45, 7) is 2.39. The van der Waals surface area contributed by atoms with E-state index in [4.69, 9.17) is 9.47 Å². The largest absolute Gasteiger partial charge is 0.496 e. The minimum atomic E-state index is -0.0173. The third-order valence-corrected chi connectivity index (χ3v) is 4.87. The Labute approximate surface area is 155 Å². The SMILES string of the molecule is COc1ccc(C(=O)NC2CCCCC2)cc1COc1cccc(C)c1. The molecule has 1 N–H and O–H groups in total. The molecule has 4 heteroatoms. The van der Waals surface area contributed by atoms with Crippen molar-refractivity contribution in [3.63, 3.8) is 0 Å². The molecule has 0 aliphatic heterocycles. The molecular weight excluding hydrogens is 326 g/mol. The molecule has 3 rings (SSSR count). The number of rotatable bonds is 6. The Kier molecular flexibility index (Phi) is 6.16. The first-order valence-electron chi connectivity index (χ1n) is 9.33. The van der Waals surface area contributed by atoms with Crippen LogP contribution in [0.1, 0.15) is 53.6 Å². The van der Waals surface area contributed by atoms with E-state index in [0.717, 1.165) is 35.5 Å². The molecule has 1 fully saturated rings. The van der Waals surface area contributed by atoms with Crippen molar-refractivity contribution in [1.29, 1.82) is 0 Å². The van der Waals surface area contributed by atoms with Crippen LogP contribution in [-0.2, 0) is 6.61 Å². The molecule has 2 aromatic carbocycles. The normalized spacial score (nSPS) is 14.7. The number of carbonyl (C=O) groups excluding carboxylic acids is 1. The van der Waals surface area contributed by atoms with Gasteiger partial charge in [-0.3, -0.25) is 4.79 Å². The molecule has 138 valence electrons. The molecule has 26 heavy (non-hydrogen) atoms. The minimum absolute atomic E-state index is 0.0173. The van der Waals surface area contributed by atoms with Gasteiger partial charge >= 0.3 is 0 Å². The van der Waals surface area contributed by atoms with Crippen LogP contribution in [0.5, 0.6) is 11.5 Å². The number of ether oxygens (including phenoxy) is 2. The molecule has 1 saturated carbocycles. The molecule has 0 bridgehead atoms. The van der Waals surface area contributed by atoms with E-state index in [0.29, 0.717) is 18.2 Å². The number of amides is 1. The zero-order chi connectivity index (χ0) is 18.4. The van der Waals surface area contributed by atoms with Gasteiger partial charge in [0.05, 0.1) is 7.11 Å². The molecule has 0 heterocycles. The average molecular weight is 353 g/mol. The number of methoxy groups -OCH3 is 1. The van der Waals surface area contributed by atoms with E-state index in [1.54, 1.807) is 7.11 Å². The van der Waals surface area contributed by atoms with Crippen LogP contribution in [0.15, 0.2) is 42.5 Å². The lowest BCUT2D eigenvalue weighted by Gasteiger charge is -2.23. The minimum Gasteiger partial charge on any atom is -0.496 e. The molecule has 0 aromatic heterocycles. The summed E-state index contributed by atoms with van der Waals surface area (Å²) in [6.07, 6.45) is 5.82. The summed E-state index contributed by atoms with van der Waals surface area (Å²) in [6, 6.07) is 13.7. The van der Waals surface area contributed by atoms with E-state index in [2.05, 4.69) is 5.32 Å². The van der Waals surface area contributed by atoms with Gasteiger partial charge in [0.15, 0.2) is 0 Å². The lowest BCUT2D eigenvalue weighted by Crippen LogP contribution is -2.36. The summed E-state index contributed by atoms with van der Waals surface area (Å²) < 4.78 is 11.3. The Balaban J connectivity index is 1.70. The molecule has 0 unspecified atom stereocenters. The summed E-state index contributed by atoms with van der Waals surface area (Å²) in [5, 5.41) is 3.16. The van der Waals surface area contributed by atoms with Crippen molar-refractivity contribution in [1.82, 2.24) is 5.32 Å². The van der Waals surface area contributed by atoms with Crippen molar-refractivity contribution in [2.75, 3.05) is 7.11 Å². The number of aryl methyl sites for hydroxylation is 1. The molecule has 0 atom stereocenters. The first-order valence-corrected chi connectivity index (χ1v) is 9.33. The molecule has 2 aromatic rings. The van der Waals surface area contributed by atoms with E-state index in [1.165, 1.54) is 19.3 Å². The Morgan fingerprint density at radius 3 is 2.65 bits per heavy atom. The summed E-state index contributed by atoms with van der Waals surface area (Å²) in [5.41, 5.74) is 2.67. The van der Waals surface area contributed by atoms with Crippen molar-refractivity contribution in [3.05, 3.63) is 59.2 Å². The molecule has 1 aliphatic rings. The summed E-state index contributed by atoms with van der Waals surface area (Å²) >= 11 is 0. The zero-order valence-electron chi connectivity index (χ0n) is 15.6. The Morgan fingerprint density at radius 1 is 1.12 bits per heavy atom. The topological polar surface area (TPSA) is 47.6 Å². The highest BCUT2D eigenvalue weighted by atomic mass is 16.5. The molecule has 4 nitrogen and oxygen atoms in total. The number of hydrogen-bond acceptors (Lipinski definition) is 3. The second-order valence-corrected chi connectivity index (χ2v) is 6.94. The predicted molar refractivity (Wildman–Crippen MR) is 103 cm³/mol. The highest BCUT2D eigenvalue weighted by molar-refractivity contribution is 5.94. The molecular formula is C22H27NO3. The first kappa shape index (κ1) is 18.3. The van der Waals surface area contributed by atoms with Crippen molar-refractivity contribution in [2.24, 2.45) is 0 Å². The van der Waals surface area contributed by atoms with Gasteiger partial charge in [-0.2, -0.15) is 0 Å². The number of nitrogens with one attached hydrogen (secondary N) is 1. The van der Waals surface area contributed by atoms with Crippen LogP contribution in [0.3, 0.4) is 0 Å². The quantitative estimate of drug-likeness (QED) is 0.822. The highest BCUT2D eigenvalue weighted by Crippen LogP contribution is 2.23. The fourth-order valence-corrected chi connectivity index (χ4v) is 3.41. The van der Waals surface area contributed by atoms with Crippen LogP contribution in [-0.4, -0.2) is 19.1 Å². The maximum atomic E-state index is 12.6. The third kappa shape index (κ3) is 4.78. The van der Waals surface area contributed by atoms with E-state index in [9.17, 15) is 4.79 Å². The molecule has 0 radical (unpaired) electrons. The maximum absolute atomic E-state index is 12.6. The van der Waals surface area contributed by atoms with E-state index >= 15 is 0 Å². The van der Waals surface area contributed by atoms with Gasteiger partial charge in [-0.1, -0.05) is 31.4 Å². The van der Waals surface area contributed by atoms with Gasteiger partial charge in [-0.05, 0) is 55.7 Å². The van der Waals surface area contributed by atoms with Crippen molar-refractivity contribution in [3.8, 4) is 11.5 Å². The van der Waals surface area contributed by atoms with Gasteiger partial charge in [0, 0.05) is 17.2 Å². The van der Waals surface area contributed by atoms with Gasteiger partial charge in [0.1, 0.15) is 18.1 Å². The molecule has 0 spiro atoms.